The molecule has 0 saturated carbocycles. The number of anilines is 1. The fourth-order valence-corrected chi connectivity index (χ4v) is 4.60. The molecule has 0 aliphatic carbocycles. The van der Waals surface area contributed by atoms with Gasteiger partial charge in [-0.3, -0.25) is 13.9 Å². The smallest absolute Gasteiger partial charge is 0.416 e. The van der Waals surface area contributed by atoms with Crippen LogP contribution in [0.1, 0.15) is 31.9 Å². The Bertz CT molecular complexity index is 1260. The van der Waals surface area contributed by atoms with E-state index in [-0.39, 0.29) is 17.5 Å². The molecule has 0 fully saturated rings. The van der Waals surface area contributed by atoms with Gasteiger partial charge < -0.3 is 15.0 Å². The number of halogens is 4. The zero-order valence-corrected chi connectivity index (χ0v) is 23.2. The van der Waals surface area contributed by atoms with Gasteiger partial charge in [-0.25, -0.2) is 8.42 Å². The Kier molecular flexibility index (Phi) is 10.4. The maximum Gasteiger partial charge on any atom is 0.416 e. The van der Waals surface area contributed by atoms with Crippen molar-refractivity contribution >= 4 is 39.1 Å². The maximum atomic E-state index is 13.6. The van der Waals surface area contributed by atoms with Crippen LogP contribution in [0.2, 0.25) is 5.02 Å². The van der Waals surface area contributed by atoms with Gasteiger partial charge in [0.15, 0.2) is 0 Å². The topological polar surface area (TPSA) is 96.0 Å². The summed E-state index contributed by atoms with van der Waals surface area (Å²) < 4.78 is 71.0. The van der Waals surface area contributed by atoms with Gasteiger partial charge in [-0.1, -0.05) is 37.6 Å². The first-order valence-corrected chi connectivity index (χ1v) is 13.8. The molecule has 1 N–H and O–H groups in total. The molecule has 0 saturated heterocycles. The van der Waals surface area contributed by atoms with Crippen molar-refractivity contribution in [3.8, 4) is 5.75 Å². The molecule has 2 aromatic rings. The molecular weight excluding hydrogens is 547 g/mol. The molecule has 210 valence electrons. The second kappa shape index (κ2) is 12.7. The summed E-state index contributed by atoms with van der Waals surface area (Å²) >= 11 is 6.08. The van der Waals surface area contributed by atoms with E-state index in [1.165, 1.54) is 14.0 Å². The van der Waals surface area contributed by atoms with Crippen LogP contribution in [0.5, 0.6) is 5.75 Å². The molecule has 2 rings (SSSR count). The Morgan fingerprint density at radius 2 is 1.76 bits per heavy atom. The fraction of sp³-hybridized carbons (Fsp3) is 0.440. The van der Waals surface area contributed by atoms with Crippen molar-refractivity contribution < 1.29 is 35.9 Å². The van der Waals surface area contributed by atoms with Crippen molar-refractivity contribution in [3.63, 3.8) is 0 Å². The van der Waals surface area contributed by atoms with Crippen molar-refractivity contribution in [1.82, 2.24) is 10.2 Å². The van der Waals surface area contributed by atoms with E-state index in [0.717, 1.165) is 17.2 Å². The van der Waals surface area contributed by atoms with Gasteiger partial charge in [0, 0.05) is 13.1 Å². The van der Waals surface area contributed by atoms with E-state index < -0.39 is 51.9 Å². The molecule has 2 aromatic carbocycles. The average molecular weight is 578 g/mol. The molecular formula is C25H31ClF3N3O5S. The Morgan fingerprint density at radius 3 is 2.32 bits per heavy atom. The predicted octanol–water partition coefficient (Wildman–Crippen LogP) is 4.32. The van der Waals surface area contributed by atoms with Crippen LogP contribution in [-0.4, -0.2) is 57.6 Å². The minimum atomic E-state index is -4.77. The number of alkyl halides is 3. The highest BCUT2D eigenvalue weighted by atomic mass is 35.5. The lowest BCUT2D eigenvalue weighted by atomic mass is 10.1. The molecule has 38 heavy (non-hydrogen) atoms. The van der Waals surface area contributed by atoms with Gasteiger partial charge in [-0.15, -0.1) is 0 Å². The van der Waals surface area contributed by atoms with Crippen LogP contribution in [0.4, 0.5) is 18.9 Å². The highest BCUT2D eigenvalue weighted by Gasteiger charge is 2.34. The third-order valence-electron chi connectivity index (χ3n) is 5.56. The number of nitrogens with zero attached hydrogens (tertiary/aromatic N) is 2. The summed E-state index contributed by atoms with van der Waals surface area (Å²) in [6.45, 7) is 4.64. The van der Waals surface area contributed by atoms with Crippen LogP contribution >= 0.6 is 11.6 Å². The maximum absolute atomic E-state index is 13.6. The predicted molar refractivity (Wildman–Crippen MR) is 139 cm³/mol. The summed E-state index contributed by atoms with van der Waals surface area (Å²) in [5.41, 5.74) is -1.05. The van der Waals surface area contributed by atoms with Gasteiger partial charge in [-0.2, -0.15) is 13.2 Å². The number of ether oxygens (including phenoxy) is 1. The Balaban J connectivity index is 2.49. The van der Waals surface area contributed by atoms with E-state index in [0.29, 0.717) is 34.3 Å². The lowest BCUT2D eigenvalue weighted by Gasteiger charge is -2.32. The highest BCUT2D eigenvalue weighted by Crippen LogP contribution is 2.36. The van der Waals surface area contributed by atoms with Crippen LogP contribution in [-0.2, 0) is 32.3 Å². The Labute approximate surface area is 225 Å². The van der Waals surface area contributed by atoms with E-state index >= 15 is 0 Å². The van der Waals surface area contributed by atoms with Crippen molar-refractivity contribution in [3.05, 3.63) is 58.6 Å². The van der Waals surface area contributed by atoms with E-state index in [9.17, 15) is 31.2 Å². The van der Waals surface area contributed by atoms with Crippen LogP contribution < -0.4 is 14.4 Å². The summed E-state index contributed by atoms with van der Waals surface area (Å²) in [5, 5.41) is 2.45. The van der Waals surface area contributed by atoms with E-state index in [1.54, 1.807) is 24.3 Å². The van der Waals surface area contributed by atoms with Gasteiger partial charge in [0.1, 0.15) is 18.3 Å². The molecule has 8 nitrogen and oxygen atoms in total. The number of sulfonamides is 1. The van der Waals surface area contributed by atoms with Crippen LogP contribution in [0, 0.1) is 5.92 Å². The van der Waals surface area contributed by atoms with Crippen LogP contribution in [0.15, 0.2) is 42.5 Å². The van der Waals surface area contributed by atoms with Crippen molar-refractivity contribution in [2.45, 2.75) is 39.5 Å². The second-order valence-corrected chi connectivity index (χ2v) is 11.4. The van der Waals surface area contributed by atoms with Crippen LogP contribution in [0.25, 0.3) is 0 Å². The fourth-order valence-electron chi connectivity index (χ4n) is 3.48. The molecule has 0 aliphatic heterocycles. The molecule has 0 radical (unpaired) electrons. The minimum absolute atomic E-state index is 0.0970. The van der Waals surface area contributed by atoms with Crippen LogP contribution in [0.3, 0.4) is 0 Å². The summed E-state index contributed by atoms with van der Waals surface area (Å²) in [6.07, 6.45) is -4.02. The van der Waals surface area contributed by atoms with E-state index in [2.05, 4.69) is 5.32 Å². The lowest BCUT2D eigenvalue weighted by molar-refractivity contribution is -0.139. The summed E-state index contributed by atoms with van der Waals surface area (Å²) in [5.74, 6) is -0.658. The molecule has 1 unspecified atom stereocenters. The molecule has 0 heterocycles. The first kappa shape index (κ1) is 31.2. The Morgan fingerprint density at radius 1 is 1.11 bits per heavy atom. The number of benzene rings is 2. The van der Waals surface area contributed by atoms with Crippen molar-refractivity contribution in [1.29, 1.82) is 0 Å². The van der Waals surface area contributed by atoms with E-state index in [1.807, 2.05) is 13.8 Å². The summed E-state index contributed by atoms with van der Waals surface area (Å²) in [4.78, 5) is 27.6. The average Bonchev–Trinajstić information content (AvgIpc) is 2.83. The third-order valence-corrected chi connectivity index (χ3v) is 7.01. The summed E-state index contributed by atoms with van der Waals surface area (Å²) in [7, 11) is -2.80. The first-order valence-electron chi connectivity index (χ1n) is 11.6. The van der Waals surface area contributed by atoms with Gasteiger partial charge >= 0.3 is 6.18 Å². The monoisotopic (exact) mass is 577 g/mol. The summed E-state index contributed by atoms with van der Waals surface area (Å²) in [6, 6.07) is 7.88. The molecule has 0 bridgehead atoms. The minimum Gasteiger partial charge on any atom is -0.497 e. The SMILES string of the molecule is COc1cccc(CN(C(=O)CN(c2cc(C(F)(F)F)ccc2Cl)S(C)(=O)=O)C(C)C(=O)NCC(C)C)c1. The number of amides is 2. The van der Waals surface area contributed by atoms with Gasteiger partial charge in [0.2, 0.25) is 21.8 Å². The molecule has 2 amide bonds. The van der Waals surface area contributed by atoms with Gasteiger partial charge in [0.05, 0.1) is 29.6 Å². The number of hydrogen-bond donors (Lipinski definition) is 1. The molecule has 0 spiro atoms. The van der Waals surface area contributed by atoms with E-state index in [4.69, 9.17) is 16.3 Å². The number of rotatable bonds is 11. The normalized spacial score (nSPS) is 12.7. The molecule has 1 atom stereocenters. The Hall–Kier alpha value is -2.99. The first-order chi connectivity index (χ1) is 17.5. The second-order valence-electron chi connectivity index (χ2n) is 9.12. The molecule has 0 aromatic heterocycles. The zero-order valence-electron chi connectivity index (χ0n) is 21.7. The van der Waals surface area contributed by atoms with Gasteiger partial charge in [-0.05, 0) is 48.7 Å². The lowest BCUT2D eigenvalue weighted by Crippen LogP contribution is -2.51. The number of hydrogen-bond acceptors (Lipinski definition) is 5. The van der Waals surface area contributed by atoms with Crippen molar-refractivity contribution in [2.24, 2.45) is 5.92 Å². The number of carbonyl (C=O) groups excluding carboxylic acids is 2. The molecule has 0 aliphatic rings. The quantitative estimate of drug-likeness (QED) is 0.429. The largest absolute Gasteiger partial charge is 0.497 e. The standard InChI is InChI=1S/C25H31ClF3N3O5S/c1-16(2)13-30-24(34)17(3)31(14-18-7-6-8-20(11-18)37-4)23(33)15-32(38(5,35)36)22-12-19(25(27,28)29)9-10-21(22)26/h6-12,16-17H,13-15H2,1-5H3,(H,30,34). The van der Waals surface area contributed by atoms with Crippen molar-refractivity contribution in [2.75, 3.05) is 30.8 Å². The zero-order chi connectivity index (χ0) is 28.8. The highest BCUT2D eigenvalue weighted by molar-refractivity contribution is 7.92. The molecule has 13 heteroatoms. The number of nitrogens with one attached hydrogen (secondary N) is 1. The van der Waals surface area contributed by atoms with Gasteiger partial charge in [0.25, 0.3) is 0 Å². The number of carbonyl (C=O) groups is 2. The third kappa shape index (κ3) is 8.52. The number of methoxy groups -OCH3 is 1.